The molecule has 1 aromatic carbocycles. The van der Waals surface area contributed by atoms with Crippen LogP contribution < -0.4 is 5.32 Å². The number of benzene rings is 1. The minimum absolute atomic E-state index is 0.452. The summed E-state index contributed by atoms with van der Waals surface area (Å²) < 4.78 is 26.0. The molecule has 1 aromatic rings. The van der Waals surface area contributed by atoms with E-state index in [1.807, 2.05) is 0 Å². The van der Waals surface area contributed by atoms with E-state index in [-0.39, 0.29) is 0 Å². The fraction of sp³-hybridized carbons (Fsp3) is 0.625. The Bertz CT molecular complexity index is 377. The highest BCUT2D eigenvalue weighted by Gasteiger charge is 2.11. The Morgan fingerprint density at radius 1 is 1.16 bits per heavy atom. The van der Waals surface area contributed by atoms with Crippen molar-refractivity contribution < 1.29 is 8.78 Å². The van der Waals surface area contributed by atoms with E-state index < -0.39 is 11.6 Å². The van der Waals surface area contributed by atoms with Gasteiger partial charge in [0.25, 0.3) is 0 Å². The molecule has 1 rings (SSSR count). The summed E-state index contributed by atoms with van der Waals surface area (Å²) in [6.07, 6.45) is 3.97. The van der Waals surface area contributed by atoms with Gasteiger partial charge in [-0.2, -0.15) is 0 Å². The minimum atomic E-state index is -0.772. The van der Waals surface area contributed by atoms with Gasteiger partial charge < -0.3 is 5.32 Å². The van der Waals surface area contributed by atoms with Crippen molar-refractivity contribution in [3.8, 4) is 0 Å². The lowest BCUT2D eigenvalue weighted by molar-refractivity contribution is 0.398. The molecule has 1 atom stereocenters. The number of hydrogen-bond donors (Lipinski definition) is 1. The van der Waals surface area contributed by atoms with Crippen LogP contribution in [0.15, 0.2) is 18.2 Å². The lowest BCUT2D eigenvalue weighted by Gasteiger charge is -2.20. The number of nitrogens with one attached hydrogen (secondary N) is 1. The molecule has 0 aliphatic heterocycles. The summed E-state index contributed by atoms with van der Waals surface area (Å²) >= 11 is 0. The lowest BCUT2D eigenvalue weighted by Crippen LogP contribution is -2.31. The second kappa shape index (κ2) is 8.26. The first-order chi connectivity index (χ1) is 9.02. The second-order valence-electron chi connectivity index (χ2n) is 5.57. The molecule has 0 heterocycles. The first-order valence-corrected chi connectivity index (χ1v) is 7.20. The Morgan fingerprint density at radius 2 is 1.89 bits per heavy atom. The molecule has 1 nitrogen and oxygen atoms in total. The van der Waals surface area contributed by atoms with E-state index in [1.165, 1.54) is 12.1 Å². The normalized spacial score (nSPS) is 12.9. The van der Waals surface area contributed by atoms with E-state index in [1.54, 1.807) is 6.07 Å². The van der Waals surface area contributed by atoms with E-state index in [0.29, 0.717) is 12.0 Å². The van der Waals surface area contributed by atoms with E-state index in [2.05, 4.69) is 26.1 Å². The van der Waals surface area contributed by atoms with Crippen molar-refractivity contribution in [1.82, 2.24) is 5.32 Å². The third-order valence-corrected chi connectivity index (χ3v) is 3.20. The quantitative estimate of drug-likeness (QED) is 0.741. The van der Waals surface area contributed by atoms with Crippen molar-refractivity contribution in [2.45, 2.75) is 52.5 Å². The summed E-state index contributed by atoms with van der Waals surface area (Å²) in [4.78, 5) is 0. The smallest absolute Gasteiger partial charge is 0.159 e. The van der Waals surface area contributed by atoms with Crippen molar-refractivity contribution >= 4 is 0 Å². The lowest BCUT2D eigenvalue weighted by atomic mass is 9.97. The molecule has 0 radical (unpaired) electrons. The summed E-state index contributed by atoms with van der Waals surface area (Å²) in [6.45, 7) is 7.57. The Morgan fingerprint density at radius 3 is 2.47 bits per heavy atom. The summed E-state index contributed by atoms with van der Waals surface area (Å²) in [5.41, 5.74) is 0.867. The van der Waals surface area contributed by atoms with Gasteiger partial charge in [-0.25, -0.2) is 8.78 Å². The molecular weight excluding hydrogens is 244 g/mol. The maximum Gasteiger partial charge on any atom is 0.159 e. The molecule has 19 heavy (non-hydrogen) atoms. The topological polar surface area (TPSA) is 12.0 Å². The van der Waals surface area contributed by atoms with E-state index in [9.17, 15) is 8.78 Å². The average Bonchev–Trinajstić information content (AvgIpc) is 2.36. The molecule has 1 unspecified atom stereocenters. The van der Waals surface area contributed by atoms with Crippen LogP contribution in [0.1, 0.15) is 45.6 Å². The van der Waals surface area contributed by atoms with Crippen LogP contribution in [0.2, 0.25) is 0 Å². The predicted molar refractivity (Wildman–Crippen MR) is 76.2 cm³/mol. The highest BCUT2D eigenvalue weighted by Crippen LogP contribution is 2.14. The molecule has 108 valence electrons. The largest absolute Gasteiger partial charge is 0.314 e. The zero-order valence-electron chi connectivity index (χ0n) is 12.2. The van der Waals surface area contributed by atoms with Gasteiger partial charge in [0.2, 0.25) is 0 Å². The standard InChI is InChI=1S/C16H25F2N/c1-4-9-19-14(10-12(2)3)7-5-13-6-8-15(17)16(18)11-13/h6,8,11-12,14,19H,4-5,7,9-10H2,1-3H3. The van der Waals surface area contributed by atoms with Crippen LogP contribution in [0.25, 0.3) is 0 Å². The fourth-order valence-corrected chi connectivity index (χ4v) is 2.26. The SMILES string of the molecule is CCCNC(CCc1ccc(F)c(F)c1)CC(C)C. The van der Waals surface area contributed by atoms with E-state index in [0.717, 1.165) is 37.8 Å². The molecule has 0 aliphatic rings. The second-order valence-corrected chi connectivity index (χ2v) is 5.57. The summed E-state index contributed by atoms with van der Waals surface area (Å²) in [5, 5.41) is 3.53. The molecule has 0 aromatic heterocycles. The number of halogens is 2. The van der Waals surface area contributed by atoms with E-state index >= 15 is 0 Å². The van der Waals surface area contributed by atoms with Crippen LogP contribution in [0, 0.1) is 17.6 Å². The zero-order valence-corrected chi connectivity index (χ0v) is 12.2. The van der Waals surface area contributed by atoms with Crippen LogP contribution in [0.3, 0.4) is 0 Å². The molecule has 0 amide bonds. The first-order valence-electron chi connectivity index (χ1n) is 7.20. The van der Waals surface area contributed by atoms with Crippen LogP contribution in [0.4, 0.5) is 8.78 Å². The van der Waals surface area contributed by atoms with Gasteiger partial charge in [0.05, 0.1) is 0 Å². The van der Waals surface area contributed by atoms with Crippen molar-refractivity contribution in [2.24, 2.45) is 5.92 Å². The number of rotatable bonds is 8. The third-order valence-electron chi connectivity index (χ3n) is 3.20. The van der Waals surface area contributed by atoms with Crippen LogP contribution in [-0.4, -0.2) is 12.6 Å². The van der Waals surface area contributed by atoms with Crippen molar-refractivity contribution in [2.75, 3.05) is 6.54 Å². The highest BCUT2D eigenvalue weighted by atomic mass is 19.2. The minimum Gasteiger partial charge on any atom is -0.314 e. The molecule has 0 aliphatic carbocycles. The van der Waals surface area contributed by atoms with Gasteiger partial charge in [-0.3, -0.25) is 0 Å². The van der Waals surface area contributed by atoms with Gasteiger partial charge in [-0.15, -0.1) is 0 Å². The van der Waals surface area contributed by atoms with Gasteiger partial charge in [0, 0.05) is 6.04 Å². The Hall–Kier alpha value is -0.960. The monoisotopic (exact) mass is 269 g/mol. The van der Waals surface area contributed by atoms with Gasteiger partial charge in [0.1, 0.15) is 0 Å². The molecule has 0 spiro atoms. The van der Waals surface area contributed by atoms with Gasteiger partial charge in [0.15, 0.2) is 11.6 Å². The van der Waals surface area contributed by atoms with E-state index in [4.69, 9.17) is 0 Å². The highest BCUT2D eigenvalue weighted by molar-refractivity contribution is 5.18. The number of aryl methyl sites for hydroxylation is 1. The van der Waals surface area contributed by atoms with Crippen molar-refractivity contribution in [3.05, 3.63) is 35.4 Å². The summed E-state index contributed by atoms with van der Waals surface area (Å²) in [6, 6.07) is 4.64. The Balaban J connectivity index is 2.51. The maximum absolute atomic E-state index is 13.1. The molecule has 1 N–H and O–H groups in total. The van der Waals surface area contributed by atoms with Crippen LogP contribution in [-0.2, 0) is 6.42 Å². The van der Waals surface area contributed by atoms with Crippen molar-refractivity contribution in [3.63, 3.8) is 0 Å². The molecular formula is C16H25F2N. The Kier molecular flexibility index (Phi) is 7.00. The van der Waals surface area contributed by atoms with Gasteiger partial charge >= 0.3 is 0 Å². The van der Waals surface area contributed by atoms with Crippen LogP contribution >= 0.6 is 0 Å². The maximum atomic E-state index is 13.1. The molecule has 0 saturated carbocycles. The summed E-state index contributed by atoms with van der Waals surface area (Å²) in [7, 11) is 0. The Labute approximate surface area is 115 Å². The summed E-state index contributed by atoms with van der Waals surface area (Å²) in [5.74, 6) is -0.884. The average molecular weight is 269 g/mol. The van der Waals surface area contributed by atoms with Gasteiger partial charge in [-0.05, 0) is 55.8 Å². The zero-order chi connectivity index (χ0) is 14.3. The molecule has 0 fully saturated rings. The molecule has 0 saturated heterocycles. The number of hydrogen-bond acceptors (Lipinski definition) is 1. The van der Waals surface area contributed by atoms with Crippen LogP contribution in [0.5, 0.6) is 0 Å². The predicted octanol–water partition coefficient (Wildman–Crippen LogP) is 4.31. The molecule has 0 bridgehead atoms. The fourth-order valence-electron chi connectivity index (χ4n) is 2.26. The van der Waals surface area contributed by atoms with Crippen molar-refractivity contribution in [1.29, 1.82) is 0 Å². The third kappa shape index (κ3) is 6.15. The van der Waals surface area contributed by atoms with Gasteiger partial charge in [-0.1, -0.05) is 26.8 Å². The first kappa shape index (κ1) is 16.1. The molecule has 3 heteroatoms.